The number of anilines is 1. The average molecular weight is 587 g/mol. The predicted octanol–water partition coefficient (Wildman–Crippen LogP) is 7.27. The van der Waals surface area contributed by atoms with Crippen LogP contribution < -0.4 is 14.8 Å². The van der Waals surface area contributed by atoms with Crippen molar-refractivity contribution in [2.24, 2.45) is 0 Å². The van der Waals surface area contributed by atoms with Gasteiger partial charge in [0.1, 0.15) is 6.04 Å². The molecule has 41 heavy (non-hydrogen) atoms. The van der Waals surface area contributed by atoms with Crippen molar-refractivity contribution < 1.29 is 14.3 Å². The van der Waals surface area contributed by atoms with Gasteiger partial charge in [0.15, 0.2) is 17.3 Å². The first kappa shape index (κ1) is 27.4. The normalized spacial score (nSPS) is 16.1. The molecule has 0 radical (unpaired) electrons. The van der Waals surface area contributed by atoms with Gasteiger partial charge in [-0.2, -0.15) is 4.98 Å². The van der Waals surface area contributed by atoms with E-state index in [1.54, 1.807) is 0 Å². The Hall–Kier alpha value is -3.75. The van der Waals surface area contributed by atoms with Gasteiger partial charge in [-0.3, -0.25) is 4.79 Å². The molecule has 1 unspecified atom stereocenters. The fraction of sp³-hybridized carbons (Fsp3) is 0.281. The van der Waals surface area contributed by atoms with Crippen LogP contribution in [0.3, 0.4) is 0 Å². The van der Waals surface area contributed by atoms with E-state index in [9.17, 15) is 4.79 Å². The van der Waals surface area contributed by atoms with Gasteiger partial charge in [-0.1, -0.05) is 78.0 Å². The molecule has 2 heterocycles. The van der Waals surface area contributed by atoms with E-state index in [-0.39, 0.29) is 5.78 Å². The SMILES string of the molecule is CCOc1cc(C2C3=C(CCCC3=O)Nc3nc(SCc4ccccc4Cl)nn32)ccc1OCCc1ccccc1. The van der Waals surface area contributed by atoms with Gasteiger partial charge < -0.3 is 14.8 Å². The number of allylic oxidation sites excluding steroid dienone is 2. The van der Waals surface area contributed by atoms with E-state index in [2.05, 4.69) is 17.4 Å². The molecule has 4 aromatic rings. The highest BCUT2D eigenvalue weighted by atomic mass is 35.5. The number of hydrogen-bond donors (Lipinski definition) is 1. The van der Waals surface area contributed by atoms with Gasteiger partial charge in [0.2, 0.25) is 11.1 Å². The number of Topliss-reactive ketones (excluding diaryl/α,β-unsaturated/α-hetero) is 1. The predicted molar refractivity (Wildman–Crippen MR) is 162 cm³/mol. The topological polar surface area (TPSA) is 78.3 Å². The number of benzene rings is 3. The zero-order valence-electron chi connectivity index (χ0n) is 22.8. The van der Waals surface area contributed by atoms with E-state index in [1.807, 2.05) is 72.3 Å². The van der Waals surface area contributed by atoms with Crippen LogP contribution in [-0.2, 0) is 17.0 Å². The number of carbonyl (C=O) groups is 1. The van der Waals surface area contributed by atoms with Gasteiger partial charge in [-0.15, -0.1) is 5.10 Å². The van der Waals surface area contributed by atoms with Crippen molar-refractivity contribution in [3.05, 3.63) is 106 Å². The molecule has 0 amide bonds. The van der Waals surface area contributed by atoms with E-state index in [0.717, 1.165) is 46.7 Å². The van der Waals surface area contributed by atoms with Crippen molar-refractivity contribution >= 4 is 35.1 Å². The van der Waals surface area contributed by atoms with Gasteiger partial charge in [0, 0.05) is 34.9 Å². The Kier molecular flexibility index (Phi) is 8.30. The maximum absolute atomic E-state index is 13.3. The Morgan fingerprint density at radius 1 is 1.02 bits per heavy atom. The number of thioether (sulfide) groups is 1. The third-order valence-corrected chi connectivity index (χ3v) is 8.49. The summed E-state index contributed by atoms with van der Waals surface area (Å²) in [4.78, 5) is 18.1. The second kappa shape index (κ2) is 12.4. The molecule has 1 atom stereocenters. The van der Waals surface area contributed by atoms with E-state index in [0.29, 0.717) is 48.0 Å². The summed E-state index contributed by atoms with van der Waals surface area (Å²) in [6.07, 6.45) is 2.93. The molecule has 0 fully saturated rings. The second-order valence-electron chi connectivity index (χ2n) is 9.96. The molecule has 0 saturated heterocycles. The fourth-order valence-corrected chi connectivity index (χ4v) is 6.38. The minimum absolute atomic E-state index is 0.135. The van der Waals surface area contributed by atoms with Crippen LogP contribution in [0, 0.1) is 0 Å². The van der Waals surface area contributed by atoms with Gasteiger partial charge in [-0.05, 0) is 54.7 Å². The highest BCUT2D eigenvalue weighted by Crippen LogP contribution is 2.43. The molecule has 1 N–H and O–H groups in total. The number of fused-ring (bicyclic) bond motifs is 1. The second-order valence-corrected chi connectivity index (χ2v) is 11.3. The van der Waals surface area contributed by atoms with Gasteiger partial charge in [0.25, 0.3) is 0 Å². The first-order valence-corrected chi connectivity index (χ1v) is 15.3. The van der Waals surface area contributed by atoms with E-state index in [1.165, 1.54) is 17.3 Å². The van der Waals surface area contributed by atoms with Crippen molar-refractivity contribution in [1.82, 2.24) is 14.8 Å². The highest BCUT2D eigenvalue weighted by molar-refractivity contribution is 7.98. The Labute approximate surface area is 248 Å². The lowest BCUT2D eigenvalue weighted by atomic mass is 9.85. The van der Waals surface area contributed by atoms with Gasteiger partial charge >= 0.3 is 0 Å². The third kappa shape index (κ3) is 5.99. The number of ketones is 1. The quantitative estimate of drug-likeness (QED) is 0.196. The Bertz CT molecular complexity index is 1590. The minimum Gasteiger partial charge on any atom is -0.490 e. The molecule has 0 bridgehead atoms. The molecule has 1 aromatic heterocycles. The largest absolute Gasteiger partial charge is 0.490 e. The Balaban J connectivity index is 1.30. The lowest BCUT2D eigenvalue weighted by molar-refractivity contribution is -0.116. The molecule has 0 spiro atoms. The molecule has 1 aliphatic carbocycles. The summed E-state index contributed by atoms with van der Waals surface area (Å²) < 4.78 is 14.0. The van der Waals surface area contributed by atoms with Crippen molar-refractivity contribution in [1.29, 1.82) is 0 Å². The first-order chi connectivity index (χ1) is 20.1. The summed E-state index contributed by atoms with van der Waals surface area (Å²) >= 11 is 7.89. The van der Waals surface area contributed by atoms with Crippen LogP contribution in [0.2, 0.25) is 5.02 Å². The lowest BCUT2D eigenvalue weighted by Crippen LogP contribution is -2.31. The van der Waals surface area contributed by atoms with E-state index in [4.69, 9.17) is 31.2 Å². The zero-order chi connectivity index (χ0) is 28.2. The standard InChI is InChI=1S/C32H31ClN4O3S/c1-2-39-28-19-22(15-16-27(28)40-18-17-21-9-4-3-5-10-21)30-29-25(13-8-14-26(29)38)34-31-35-32(36-37(30)31)41-20-23-11-6-7-12-24(23)33/h3-7,9-12,15-16,19,30H,2,8,13-14,17-18,20H2,1H3,(H,34,35,36). The molecular weight excluding hydrogens is 556 g/mol. The van der Waals surface area contributed by atoms with E-state index >= 15 is 0 Å². The Morgan fingerprint density at radius 3 is 2.68 bits per heavy atom. The van der Waals surface area contributed by atoms with Crippen LogP contribution in [0.15, 0.2) is 89.2 Å². The summed E-state index contributed by atoms with van der Waals surface area (Å²) in [6.45, 7) is 2.98. The molecule has 9 heteroatoms. The van der Waals surface area contributed by atoms with Crippen molar-refractivity contribution in [2.75, 3.05) is 18.5 Å². The summed E-state index contributed by atoms with van der Waals surface area (Å²) in [5, 5.41) is 9.61. The monoisotopic (exact) mass is 586 g/mol. The summed E-state index contributed by atoms with van der Waals surface area (Å²) in [5.41, 5.74) is 4.82. The maximum atomic E-state index is 13.3. The number of halogens is 1. The molecular formula is C32H31ClN4O3S. The van der Waals surface area contributed by atoms with Crippen LogP contribution >= 0.6 is 23.4 Å². The van der Waals surface area contributed by atoms with Crippen LogP contribution in [0.4, 0.5) is 5.95 Å². The molecule has 7 nitrogen and oxygen atoms in total. The number of ether oxygens (including phenoxy) is 2. The van der Waals surface area contributed by atoms with Crippen LogP contribution in [-0.4, -0.2) is 33.8 Å². The Morgan fingerprint density at radius 2 is 1.85 bits per heavy atom. The summed E-state index contributed by atoms with van der Waals surface area (Å²) in [5.74, 6) is 2.74. The molecule has 2 aliphatic rings. The minimum atomic E-state index is -0.409. The summed E-state index contributed by atoms with van der Waals surface area (Å²) in [6, 6.07) is 23.5. The van der Waals surface area contributed by atoms with Crippen LogP contribution in [0.25, 0.3) is 0 Å². The summed E-state index contributed by atoms with van der Waals surface area (Å²) in [7, 11) is 0. The number of rotatable bonds is 10. The van der Waals surface area contributed by atoms with Crippen molar-refractivity contribution in [3.63, 3.8) is 0 Å². The molecule has 1 aliphatic heterocycles. The smallest absolute Gasteiger partial charge is 0.227 e. The molecule has 6 rings (SSSR count). The number of carbonyl (C=O) groups excluding carboxylic acids is 1. The lowest BCUT2D eigenvalue weighted by Gasteiger charge is -2.32. The van der Waals surface area contributed by atoms with Crippen LogP contribution in [0.1, 0.15) is 48.9 Å². The zero-order valence-corrected chi connectivity index (χ0v) is 24.4. The number of nitrogens with one attached hydrogen (secondary N) is 1. The highest BCUT2D eigenvalue weighted by Gasteiger charge is 2.37. The maximum Gasteiger partial charge on any atom is 0.227 e. The van der Waals surface area contributed by atoms with E-state index < -0.39 is 6.04 Å². The number of nitrogens with zero attached hydrogens (tertiary/aromatic N) is 3. The van der Waals surface area contributed by atoms with Crippen molar-refractivity contribution in [3.8, 4) is 11.5 Å². The molecule has 0 saturated carbocycles. The third-order valence-electron chi connectivity index (χ3n) is 7.24. The molecule has 210 valence electrons. The fourth-order valence-electron chi connectivity index (χ4n) is 5.27. The number of hydrogen-bond acceptors (Lipinski definition) is 7. The number of aromatic nitrogens is 3. The van der Waals surface area contributed by atoms with Gasteiger partial charge in [-0.25, -0.2) is 4.68 Å². The average Bonchev–Trinajstić information content (AvgIpc) is 3.40. The van der Waals surface area contributed by atoms with Crippen LogP contribution in [0.5, 0.6) is 11.5 Å². The first-order valence-electron chi connectivity index (χ1n) is 13.9. The van der Waals surface area contributed by atoms with Gasteiger partial charge in [0.05, 0.1) is 13.2 Å². The van der Waals surface area contributed by atoms with Crippen molar-refractivity contribution in [2.45, 2.75) is 49.6 Å². The molecule has 3 aromatic carbocycles.